The summed E-state index contributed by atoms with van der Waals surface area (Å²) in [6.45, 7) is 0. The second kappa shape index (κ2) is 14.1. The largest absolute Gasteiger partial charge is 0.397 e. The summed E-state index contributed by atoms with van der Waals surface area (Å²) in [5, 5.41) is 28.2. The minimum absolute atomic E-state index is 0.549. The predicted molar refractivity (Wildman–Crippen MR) is 180 cm³/mol. The lowest BCUT2D eigenvalue weighted by Gasteiger charge is -2.08. The van der Waals surface area contributed by atoms with Gasteiger partial charge in [0.25, 0.3) is 0 Å². The van der Waals surface area contributed by atoms with Gasteiger partial charge in [0.15, 0.2) is 17.5 Å². The summed E-state index contributed by atoms with van der Waals surface area (Å²) in [7, 11) is 0. The molecule has 8 aromatic heterocycles. The van der Waals surface area contributed by atoms with Crippen LogP contribution in [-0.2, 0) is 0 Å². The van der Waals surface area contributed by atoms with Crippen molar-refractivity contribution in [2.24, 2.45) is 0 Å². The molecule has 8 aromatic rings. The smallest absolute Gasteiger partial charge is 0.181 e. The van der Waals surface area contributed by atoms with Crippen molar-refractivity contribution in [3.63, 3.8) is 0 Å². The van der Waals surface area contributed by atoms with Crippen LogP contribution in [0.25, 0.3) is 28.8 Å². The van der Waals surface area contributed by atoms with Crippen LogP contribution >= 0.6 is 22.6 Å². The first-order valence-electron chi connectivity index (χ1n) is 13.6. The third-order valence-electron chi connectivity index (χ3n) is 6.05. The van der Waals surface area contributed by atoms with Crippen molar-refractivity contribution in [3.05, 3.63) is 121 Å². The van der Waals surface area contributed by atoms with Crippen LogP contribution in [0.5, 0.6) is 0 Å². The quantitative estimate of drug-likeness (QED) is 0.215. The number of rotatable bonds is 5. The average molecular weight is 741 g/mol. The highest BCUT2D eigenvalue weighted by atomic mass is 127. The van der Waals surface area contributed by atoms with E-state index in [0.29, 0.717) is 34.4 Å². The molecule has 0 radical (unpaired) electrons. The van der Waals surface area contributed by atoms with E-state index in [4.69, 9.17) is 17.2 Å². The molecule has 0 saturated carbocycles. The lowest BCUT2D eigenvalue weighted by atomic mass is 10.3. The van der Waals surface area contributed by atoms with Crippen molar-refractivity contribution in [1.82, 2.24) is 74.3 Å². The Kier molecular flexibility index (Phi) is 9.13. The minimum atomic E-state index is 0.549. The predicted octanol–water partition coefficient (Wildman–Crippen LogP) is 2.31. The van der Waals surface area contributed by atoms with Gasteiger partial charge < -0.3 is 17.2 Å². The molecule has 0 aliphatic rings. The molecule has 0 aliphatic carbocycles. The lowest BCUT2D eigenvalue weighted by Crippen LogP contribution is -2.09. The van der Waals surface area contributed by atoms with Crippen molar-refractivity contribution in [2.45, 2.75) is 0 Å². The van der Waals surface area contributed by atoms with Crippen molar-refractivity contribution < 1.29 is 0 Å². The molecule has 8 heterocycles. The van der Waals surface area contributed by atoms with Gasteiger partial charge in [-0.05, 0) is 59.0 Å². The molecule has 47 heavy (non-hydrogen) atoms. The number of aromatic nitrogens is 15. The van der Waals surface area contributed by atoms with Gasteiger partial charge in [-0.2, -0.15) is 25.5 Å². The molecule has 18 nitrogen and oxygen atoms in total. The number of hydrogen-bond donors (Lipinski definition) is 3. The highest BCUT2D eigenvalue weighted by Crippen LogP contribution is 2.19. The third kappa shape index (κ3) is 7.25. The van der Waals surface area contributed by atoms with E-state index in [-0.39, 0.29) is 0 Å². The zero-order chi connectivity index (χ0) is 32.6. The molecule has 0 unspecified atom stereocenters. The van der Waals surface area contributed by atoms with Crippen molar-refractivity contribution in [3.8, 4) is 28.8 Å². The molecule has 8 rings (SSSR count). The number of nitrogens with two attached hydrogens (primary N) is 3. The van der Waals surface area contributed by atoms with E-state index in [0.717, 1.165) is 15.1 Å². The van der Waals surface area contributed by atoms with Gasteiger partial charge in [0.05, 0.1) is 64.0 Å². The summed E-state index contributed by atoms with van der Waals surface area (Å²) < 4.78 is 7.58. The number of nitrogen functional groups attached to an aromatic ring is 3. The molecule has 19 heteroatoms. The lowest BCUT2D eigenvalue weighted by molar-refractivity contribution is 0.726. The van der Waals surface area contributed by atoms with Gasteiger partial charge in [0.1, 0.15) is 11.4 Å². The van der Waals surface area contributed by atoms with E-state index in [1.807, 2.05) is 30.5 Å². The first kappa shape index (κ1) is 30.5. The zero-order valence-electron chi connectivity index (χ0n) is 24.3. The topological polar surface area (TPSA) is 232 Å². The summed E-state index contributed by atoms with van der Waals surface area (Å²) >= 11 is 2.18. The molecule has 6 N–H and O–H groups in total. The number of hydrogen-bond acceptors (Lipinski definition) is 13. The zero-order valence-corrected chi connectivity index (χ0v) is 26.4. The van der Waals surface area contributed by atoms with Crippen molar-refractivity contribution in [1.29, 1.82) is 0 Å². The normalized spacial score (nSPS) is 10.5. The van der Waals surface area contributed by atoms with Crippen LogP contribution in [0.15, 0.2) is 117 Å². The number of anilines is 3. The molecule has 0 atom stereocenters. The SMILES string of the molecule is Nc1cnc(-n2cccn2)c(-n2ccnn2)c1.Nc1cnc(-n2cccn2)c(-n2nccn2)c1.Nc1cnc(-n2cccn2)c(I)c1. The molecular formula is C28H25IN18. The van der Waals surface area contributed by atoms with Crippen LogP contribution in [0.1, 0.15) is 0 Å². The highest BCUT2D eigenvalue weighted by Gasteiger charge is 2.11. The number of nitrogens with zero attached hydrogens (tertiary/aromatic N) is 15. The van der Waals surface area contributed by atoms with Gasteiger partial charge in [-0.15, -0.1) is 9.90 Å². The first-order chi connectivity index (χ1) is 23.0. The Morgan fingerprint density at radius 3 is 1.47 bits per heavy atom. The molecule has 0 bridgehead atoms. The Hall–Kier alpha value is -6.51. The second-order valence-corrected chi connectivity index (χ2v) is 10.5. The Morgan fingerprint density at radius 2 is 0.979 bits per heavy atom. The molecule has 0 fully saturated rings. The van der Waals surface area contributed by atoms with E-state index < -0.39 is 0 Å². The van der Waals surface area contributed by atoms with Crippen LogP contribution in [0, 0.1) is 3.57 Å². The van der Waals surface area contributed by atoms with Crippen LogP contribution < -0.4 is 17.2 Å². The van der Waals surface area contributed by atoms with Crippen molar-refractivity contribution in [2.75, 3.05) is 17.2 Å². The maximum Gasteiger partial charge on any atom is 0.181 e. The van der Waals surface area contributed by atoms with Crippen molar-refractivity contribution >= 4 is 39.7 Å². The van der Waals surface area contributed by atoms with Crippen LogP contribution in [0.2, 0.25) is 0 Å². The van der Waals surface area contributed by atoms with E-state index in [1.54, 1.807) is 105 Å². The van der Waals surface area contributed by atoms with E-state index >= 15 is 0 Å². The van der Waals surface area contributed by atoms with Crippen LogP contribution in [-0.4, -0.2) is 74.3 Å². The standard InChI is InChI=1S/2C10H9N7.C8H7IN4/c11-8-6-9(17-14-3-4-15-17)10(12-7-8)16-5-1-2-13-16;11-8-6-9(16-5-3-13-15-16)10(12-7-8)17-4-1-2-14-17;9-7-4-6(10)5-11-8(7)13-3-1-2-12-13/h2*1-7H,11H2;1-5H,10H2. The van der Waals surface area contributed by atoms with Crippen LogP contribution in [0.4, 0.5) is 17.1 Å². The fraction of sp³-hybridized carbons (Fsp3) is 0. The molecule has 0 saturated heterocycles. The van der Waals surface area contributed by atoms with Gasteiger partial charge in [-0.1, -0.05) is 5.21 Å². The number of pyridine rings is 3. The van der Waals surface area contributed by atoms with Gasteiger partial charge in [0.2, 0.25) is 0 Å². The molecule has 0 amide bonds. The summed E-state index contributed by atoms with van der Waals surface area (Å²) in [4.78, 5) is 14.2. The van der Waals surface area contributed by atoms with E-state index in [1.165, 1.54) is 4.80 Å². The Balaban J connectivity index is 0.000000125. The fourth-order valence-electron chi connectivity index (χ4n) is 4.07. The average Bonchev–Trinajstić information content (AvgIpc) is 3.93. The third-order valence-corrected chi connectivity index (χ3v) is 6.84. The summed E-state index contributed by atoms with van der Waals surface area (Å²) in [5.74, 6) is 2.08. The summed E-state index contributed by atoms with van der Waals surface area (Å²) in [6, 6.07) is 10.9. The summed E-state index contributed by atoms with van der Waals surface area (Å²) in [6.07, 6.45) is 21.8. The fourth-order valence-corrected chi connectivity index (χ4v) is 4.81. The molecule has 0 aromatic carbocycles. The van der Waals surface area contributed by atoms with Gasteiger partial charge in [0, 0.05) is 37.2 Å². The Labute approximate surface area is 279 Å². The van der Waals surface area contributed by atoms with E-state index in [9.17, 15) is 0 Å². The molecule has 0 spiro atoms. The van der Waals surface area contributed by atoms with Gasteiger partial charge in [-0.3, -0.25) is 0 Å². The maximum atomic E-state index is 5.73. The molecular weight excluding hydrogens is 715 g/mol. The Bertz CT molecular complexity index is 2010. The molecule has 0 aliphatic heterocycles. The summed E-state index contributed by atoms with van der Waals surface area (Å²) in [5.41, 5.74) is 20.2. The molecule has 234 valence electrons. The van der Waals surface area contributed by atoms with Gasteiger partial charge in [-0.25, -0.2) is 33.7 Å². The Morgan fingerprint density at radius 1 is 0.489 bits per heavy atom. The maximum absolute atomic E-state index is 5.73. The van der Waals surface area contributed by atoms with Crippen LogP contribution in [0.3, 0.4) is 0 Å². The monoisotopic (exact) mass is 740 g/mol. The van der Waals surface area contributed by atoms with E-state index in [2.05, 4.69) is 73.3 Å². The first-order valence-corrected chi connectivity index (χ1v) is 14.7. The number of halogens is 1. The minimum Gasteiger partial charge on any atom is -0.397 e. The second-order valence-electron chi connectivity index (χ2n) is 9.31. The highest BCUT2D eigenvalue weighted by molar-refractivity contribution is 14.1. The van der Waals surface area contributed by atoms with Gasteiger partial charge >= 0.3 is 0 Å².